The van der Waals surface area contributed by atoms with Gasteiger partial charge in [0.25, 0.3) is 0 Å². The summed E-state index contributed by atoms with van der Waals surface area (Å²) in [6.07, 6.45) is 1.65. The van der Waals surface area contributed by atoms with Gasteiger partial charge in [0.15, 0.2) is 5.65 Å². The summed E-state index contributed by atoms with van der Waals surface area (Å²) >= 11 is 5.87. The molecule has 0 saturated carbocycles. The first-order chi connectivity index (χ1) is 8.81. The summed E-state index contributed by atoms with van der Waals surface area (Å²) in [6, 6.07) is 10.1. The maximum absolute atomic E-state index is 13.9. The van der Waals surface area contributed by atoms with Crippen molar-refractivity contribution < 1.29 is 4.39 Å². The van der Waals surface area contributed by atoms with Crippen LogP contribution in [0.2, 0.25) is 0 Å². The zero-order chi connectivity index (χ0) is 12.5. The lowest BCUT2D eigenvalue weighted by Gasteiger charge is -2.07. The zero-order valence-electron chi connectivity index (χ0n) is 9.35. The van der Waals surface area contributed by atoms with Gasteiger partial charge in [0.2, 0.25) is 0 Å². The summed E-state index contributed by atoms with van der Waals surface area (Å²) in [6.45, 7) is 0. The summed E-state index contributed by atoms with van der Waals surface area (Å²) in [4.78, 5) is 8.59. The average molecular weight is 262 g/mol. The van der Waals surface area contributed by atoms with Crippen LogP contribution in [0, 0.1) is 5.82 Å². The first kappa shape index (κ1) is 11.2. The molecule has 0 amide bonds. The van der Waals surface area contributed by atoms with Crippen LogP contribution < -0.4 is 0 Å². The van der Waals surface area contributed by atoms with E-state index in [0.29, 0.717) is 22.7 Å². The number of para-hydroxylation sites is 1. The predicted octanol–water partition coefficient (Wildman–Crippen LogP) is 3.30. The third-order valence-corrected chi connectivity index (χ3v) is 2.94. The Morgan fingerprint density at radius 1 is 1.17 bits per heavy atom. The molecular weight excluding hydrogens is 253 g/mol. The fourth-order valence-electron chi connectivity index (χ4n) is 1.94. The number of hydrogen-bond acceptors (Lipinski definition) is 2. The Hall–Kier alpha value is -1.94. The van der Waals surface area contributed by atoms with Crippen LogP contribution in [-0.4, -0.2) is 14.5 Å². The lowest BCUT2D eigenvalue weighted by atomic mass is 10.3. The van der Waals surface area contributed by atoms with E-state index in [1.807, 2.05) is 6.07 Å². The first-order valence-electron chi connectivity index (χ1n) is 5.44. The van der Waals surface area contributed by atoms with Gasteiger partial charge in [-0.15, -0.1) is 11.6 Å². The summed E-state index contributed by atoms with van der Waals surface area (Å²) in [5.74, 6) is 0.453. The van der Waals surface area contributed by atoms with Crippen LogP contribution in [0.25, 0.3) is 16.9 Å². The molecule has 0 bridgehead atoms. The predicted molar refractivity (Wildman–Crippen MR) is 68.4 cm³/mol. The lowest BCUT2D eigenvalue weighted by molar-refractivity contribution is 0.617. The Bertz CT molecular complexity index is 708. The SMILES string of the molecule is Fc1ccccc1-n1c(CCl)nc2cccnc21. The third kappa shape index (κ3) is 1.66. The van der Waals surface area contributed by atoms with Crippen LogP contribution in [0.5, 0.6) is 0 Å². The van der Waals surface area contributed by atoms with Crippen molar-refractivity contribution in [2.45, 2.75) is 5.88 Å². The van der Waals surface area contributed by atoms with Crippen molar-refractivity contribution in [3.05, 3.63) is 54.2 Å². The molecule has 2 aromatic heterocycles. The molecule has 0 aliphatic rings. The van der Waals surface area contributed by atoms with E-state index in [2.05, 4.69) is 9.97 Å². The largest absolute Gasteiger partial charge is 0.277 e. The number of alkyl halides is 1. The van der Waals surface area contributed by atoms with Crippen molar-refractivity contribution in [3.8, 4) is 5.69 Å². The van der Waals surface area contributed by atoms with Gasteiger partial charge < -0.3 is 0 Å². The topological polar surface area (TPSA) is 30.7 Å². The third-order valence-electron chi connectivity index (χ3n) is 2.70. The van der Waals surface area contributed by atoms with Gasteiger partial charge in [-0.05, 0) is 24.3 Å². The van der Waals surface area contributed by atoms with Crippen LogP contribution in [0.4, 0.5) is 4.39 Å². The molecule has 5 heteroatoms. The number of fused-ring (bicyclic) bond motifs is 1. The standard InChI is InChI=1S/C13H9ClFN3/c14-8-12-17-10-5-3-7-16-13(10)18(12)11-6-2-1-4-9(11)15/h1-7H,8H2. The molecule has 90 valence electrons. The molecule has 3 rings (SSSR count). The van der Waals surface area contributed by atoms with E-state index in [0.717, 1.165) is 0 Å². The molecule has 0 spiro atoms. The van der Waals surface area contributed by atoms with Crippen molar-refractivity contribution in [2.75, 3.05) is 0 Å². The van der Waals surface area contributed by atoms with Crippen molar-refractivity contribution in [3.63, 3.8) is 0 Å². The monoisotopic (exact) mass is 261 g/mol. The van der Waals surface area contributed by atoms with Crippen LogP contribution in [0.1, 0.15) is 5.82 Å². The molecule has 0 radical (unpaired) electrons. The second-order valence-corrected chi connectivity index (χ2v) is 4.06. The summed E-state index contributed by atoms with van der Waals surface area (Å²) in [5, 5.41) is 0. The van der Waals surface area contributed by atoms with Crippen LogP contribution in [-0.2, 0) is 5.88 Å². The molecule has 0 atom stereocenters. The molecular formula is C13H9ClFN3. The smallest absolute Gasteiger partial charge is 0.164 e. The first-order valence-corrected chi connectivity index (χ1v) is 5.98. The number of pyridine rings is 1. The Morgan fingerprint density at radius 3 is 2.78 bits per heavy atom. The number of halogens is 2. The molecule has 0 saturated heterocycles. The van der Waals surface area contributed by atoms with Gasteiger partial charge in [0.1, 0.15) is 17.2 Å². The Labute approximate surface area is 108 Å². The molecule has 2 heterocycles. The molecule has 0 N–H and O–H groups in total. The Morgan fingerprint density at radius 2 is 2.00 bits per heavy atom. The van der Waals surface area contributed by atoms with Gasteiger partial charge in [0.05, 0.1) is 11.6 Å². The molecule has 0 unspecified atom stereocenters. The summed E-state index contributed by atoms with van der Waals surface area (Å²) < 4.78 is 15.5. The number of rotatable bonds is 2. The summed E-state index contributed by atoms with van der Waals surface area (Å²) in [7, 11) is 0. The molecule has 18 heavy (non-hydrogen) atoms. The van der Waals surface area contributed by atoms with E-state index in [9.17, 15) is 4.39 Å². The van der Waals surface area contributed by atoms with E-state index in [4.69, 9.17) is 11.6 Å². The molecule has 3 nitrogen and oxygen atoms in total. The minimum Gasteiger partial charge on any atom is -0.277 e. The van der Waals surface area contributed by atoms with E-state index < -0.39 is 0 Å². The lowest BCUT2D eigenvalue weighted by Crippen LogP contribution is -2.02. The van der Waals surface area contributed by atoms with Gasteiger partial charge in [-0.3, -0.25) is 4.57 Å². The van der Waals surface area contributed by atoms with Gasteiger partial charge in [-0.1, -0.05) is 12.1 Å². The van der Waals surface area contributed by atoms with Gasteiger partial charge >= 0.3 is 0 Å². The van der Waals surface area contributed by atoms with Crippen molar-refractivity contribution in [1.29, 1.82) is 0 Å². The minimum absolute atomic E-state index is 0.199. The molecule has 0 fully saturated rings. The zero-order valence-corrected chi connectivity index (χ0v) is 10.1. The quantitative estimate of drug-likeness (QED) is 0.663. The van der Waals surface area contributed by atoms with Crippen LogP contribution in [0.3, 0.4) is 0 Å². The number of nitrogens with zero attached hydrogens (tertiary/aromatic N) is 3. The van der Waals surface area contributed by atoms with E-state index >= 15 is 0 Å². The maximum atomic E-state index is 13.9. The highest BCUT2D eigenvalue weighted by Crippen LogP contribution is 2.22. The highest BCUT2D eigenvalue weighted by molar-refractivity contribution is 6.16. The fourth-order valence-corrected chi connectivity index (χ4v) is 2.11. The minimum atomic E-state index is -0.325. The van der Waals surface area contributed by atoms with Crippen molar-refractivity contribution in [2.24, 2.45) is 0 Å². The number of aromatic nitrogens is 3. The van der Waals surface area contributed by atoms with E-state index in [1.165, 1.54) is 6.07 Å². The molecule has 3 aromatic rings. The molecule has 1 aromatic carbocycles. The maximum Gasteiger partial charge on any atom is 0.164 e. The van der Waals surface area contributed by atoms with Gasteiger partial charge in [0, 0.05) is 6.20 Å². The number of benzene rings is 1. The van der Waals surface area contributed by atoms with Crippen molar-refractivity contribution in [1.82, 2.24) is 14.5 Å². The highest BCUT2D eigenvalue weighted by atomic mass is 35.5. The normalized spacial score (nSPS) is 11.0. The van der Waals surface area contributed by atoms with Gasteiger partial charge in [-0.2, -0.15) is 0 Å². The molecule has 0 aliphatic carbocycles. The number of imidazole rings is 1. The van der Waals surface area contributed by atoms with Crippen LogP contribution >= 0.6 is 11.6 Å². The fraction of sp³-hybridized carbons (Fsp3) is 0.0769. The van der Waals surface area contributed by atoms with Crippen molar-refractivity contribution >= 4 is 22.8 Å². The van der Waals surface area contributed by atoms with Crippen LogP contribution in [0.15, 0.2) is 42.6 Å². The second kappa shape index (κ2) is 4.38. The Kier molecular flexibility index (Phi) is 2.72. The number of hydrogen-bond donors (Lipinski definition) is 0. The molecule has 0 aliphatic heterocycles. The highest BCUT2D eigenvalue weighted by Gasteiger charge is 2.14. The summed E-state index contributed by atoms with van der Waals surface area (Å²) in [5.41, 5.74) is 1.73. The van der Waals surface area contributed by atoms with E-state index in [1.54, 1.807) is 35.0 Å². The Balaban J connectivity index is 2.37. The van der Waals surface area contributed by atoms with Gasteiger partial charge in [-0.25, -0.2) is 14.4 Å². The van der Waals surface area contributed by atoms with E-state index in [-0.39, 0.29) is 11.7 Å². The second-order valence-electron chi connectivity index (χ2n) is 3.79. The average Bonchev–Trinajstić information content (AvgIpc) is 2.78.